The van der Waals surface area contributed by atoms with Crippen LogP contribution in [0.2, 0.25) is 10.0 Å². The quantitative estimate of drug-likeness (QED) is 0.816. The fraction of sp³-hybridized carbons (Fsp3) is 0.0667. The first-order valence-electron chi connectivity index (χ1n) is 5.89. The number of hydrogen-bond acceptors (Lipinski definition) is 3. The van der Waals surface area contributed by atoms with Crippen molar-refractivity contribution in [3.05, 3.63) is 57.6 Å². The first-order chi connectivity index (χ1) is 10.0. The Hall–Kier alpha value is -1.67. The van der Waals surface area contributed by atoms with Crippen LogP contribution < -0.4 is 5.32 Å². The van der Waals surface area contributed by atoms with Crippen molar-refractivity contribution < 1.29 is 4.79 Å². The minimum atomic E-state index is -0.350. The Bertz CT molecular complexity index is 741. The molecule has 2 aromatic carbocycles. The number of nitriles is 1. The molecule has 0 saturated heterocycles. The molecule has 1 amide bonds. The number of anilines is 1. The Kier molecular flexibility index (Phi) is 5.13. The third-order valence-corrected chi connectivity index (χ3v) is 4.10. The molecule has 2 rings (SSSR count). The van der Waals surface area contributed by atoms with Gasteiger partial charge in [0.05, 0.1) is 16.1 Å². The van der Waals surface area contributed by atoms with Crippen LogP contribution in [0.25, 0.3) is 0 Å². The van der Waals surface area contributed by atoms with Gasteiger partial charge >= 0.3 is 0 Å². The molecule has 106 valence electrons. The Balaban J connectivity index is 2.26. The van der Waals surface area contributed by atoms with Gasteiger partial charge in [0.1, 0.15) is 6.07 Å². The molecule has 0 bridgehead atoms. The molecular formula is C15H10Cl2N2OS. The number of carbonyl (C=O) groups is 1. The summed E-state index contributed by atoms with van der Waals surface area (Å²) in [6.45, 7) is 0. The van der Waals surface area contributed by atoms with Crippen molar-refractivity contribution in [2.24, 2.45) is 0 Å². The summed E-state index contributed by atoms with van der Waals surface area (Å²) in [5, 5.41) is 12.6. The van der Waals surface area contributed by atoms with Crippen molar-refractivity contribution in [3.8, 4) is 6.07 Å². The molecule has 6 heteroatoms. The number of nitrogens with one attached hydrogen (secondary N) is 1. The van der Waals surface area contributed by atoms with Crippen molar-refractivity contribution in [1.82, 2.24) is 0 Å². The maximum Gasteiger partial charge on any atom is 0.257 e. The SMILES string of the molecule is CSc1ccc(NC(=O)c2ccc(Cl)cc2Cl)cc1C#N. The van der Waals surface area contributed by atoms with Crippen LogP contribution in [-0.4, -0.2) is 12.2 Å². The molecule has 2 aromatic rings. The van der Waals surface area contributed by atoms with Gasteiger partial charge in [-0.15, -0.1) is 11.8 Å². The average Bonchev–Trinajstić information content (AvgIpc) is 2.46. The highest BCUT2D eigenvalue weighted by Crippen LogP contribution is 2.25. The molecule has 0 atom stereocenters. The maximum atomic E-state index is 12.2. The molecule has 3 nitrogen and oxygen atoms in total. The number of rotatable bonds is 3. The molecule has 0 saturated carbocycles. The van der Waals surface area contributed by atoms with E-state index >= 15 is 0 Å². The lowest BCUT2D eigenvalue weighted by Gasteiger charge is -2.08. The lowest BCUT2D eigenvalue weighted by atomic mass is 10.2. The third-order valence-electron chi connectivity index (χ3n) is 2.75. The normalized spacial score (nSPS) is 10.0. The highest BCUT2D eigenvalue weighted by atomic mass is 35.5. The van der Waals surface area contributed by atoms with Gasteiger partial charge in [-0.25, -0.2) is 0 Å². The monoisotopic (exact) mass is 336 g/mol. The largest absolute Gasteiger partial charge is 0.322 e. The van der Waals surface area contributed by atoms with Gasteiger partial charge in [0.2, 0.25) is 0 Å². The summed E-state index contributed by atoms with van der Waals surface area (Å²) in [6, 6.07) is 11.9. The van der Waals surface area contributed by atoms with E-state index in [1.807, 2.05) is 6.26 Å². The van der Waals surface area contributed by atoms with Crippen molar-refractivity contribution >= 4 is 46.6 Å². The molecule has 1 N–H and O–H groups in total. The summed E-state index contributed by atoms with van der Waals surface area (Å²) in [4.78, 5) is 13.0. The molecule has 0 spiro atoms. The summed E-state index contributed by atoms with van der Waals surface area (Å²) in [7, 11) is 0. The smallest absolute Gasteiger partial charge is 0.257 e. The molecule has 0 aliphatic heterocycles. The minimum absolute atomic E-state index is 0.279. The highest BCUT2D eigenvalue weighted by molar-refractivity contribution is 7.98. The maximum absolute atomic E-state index is 12.2. The molecule has 0 aromatic heterocycles. The first-order valence-corrected chi connectivity index (χ1v) is 7.87. The Labute approximate surface area is 136 Å². The van der Waals surface area contributed by atoms with E-state index in [1.54, 1.807) is 30.3 Å². The van der Waals surface area contributed by atoms with Crippen LogP contribution in [0.15, 0.2) is 41.3 Å². The lowest BCUT2D eigenvalue weighted by molar-refractivity contribution is 0.102. The predicted octanol–water partition coefficient (Wildman–Crippen LogP) is 4.84. The lowest BCUT2D eigenvalue weighted by Crippen LogP contribution is -2.12. The average molecular weight is 337 g/mol. The van der Waals surface area contributed by atoms with Crippen LogP contribution in [0.1, 0.15) is 15.9 Å². The Morgan fingerprint density at radius 2 is 2.00 bits per heavy atom. The van der Waals surface area contributed by atoms with Crippen LogP contribution in [-0.2, 0) is 0 Å². The molecule has 0 fully saturated rings. The van der Waals surface area contributed by atoms with Gasteiger partial charge < -0.3 is 5.32 Å². The van der Waals surface area contributed by atoms with E-state index in [4.69, 9.17) is 28.5 Å². The van der Waals surface area contributed by atoms with Crippen LogP contribution in [0.3, 0.4) is 0 Å². The molecule has 0 unspecified atom stereocenters. The van der Waals surface area contributed by atoms with E-state index in [9.17, 15) is 4.79 Å². The highest BCUT2D eigenvalue weighted by Gasteiger charge is 2.12. The van der Waals surface area contributed by atoms with Gasteiger partial charge in [-0.2, -0.15) is 5.26 Å². The summed E-state index contributed by atoms with van der Waals surface area (Å²) in [5.41, 5.74) is 1.39. The number of carbonyl (C=O) groups excluding carboxylic acids is 1. The van der Waals surface area contributed by atoms with Gasteiger partial charge in [0.25, 0.3) is 5.91 Å². The minimum Gasteiger partial charge on any atom is -0.322 e. The Morgan fingerprint density at radius 3 is 2.62 bits per heavy atom. The van der Waals surface area contributed by atoms with Gasteiger partial charge in [0, 0.05) is 15.6 Å². The number of hydrogen-bond donors (Lipinski definition) is 1. The number of thioether (sulfide) groups is 1. The van der Waals surface area contributed by atoms with Crippen LogP contribution in [0.4, 0.5) is 5.69 Å². The fourth-order valence-electron chi connectivity index (χ4n) is 1.75. The zero-order valence-corrected chi connectivity index (χ0v) is 13.3. The standard InChI is InChI=1S/C15H10Cl2N2OS/c1-21-14-5-3-11(6-9(14)8-18)19-15(20)12-4-2-10(16)7-13(12)17/h2-7H,1H3,(H,19,20). The summed E-state index contributed by atoms with van der Waals surface area (Å²) >= 11 is 13.3. The van der Waals surface area contributed by atoms with Crippen LogP contribution in [0.5, 0.6) is 0 Å². The summed E-state index contributed by atoms with van der Waals surface area (Å²) in [5.74, 6) is -0.350. The second-order valence-electron chi connectivity index (χ2n) is 4.11. The molecule has 0 aliphatic carbocycles. The molecule has 0 aliphatic rings. The molecule has 21 heavy (non-hydrogen) atoms. The fourth-order valence-corrected chi connectivity index (χ4v) is 2.77. The van der Waals surface area contributed by atoms with Gasteiger partial charge in [-0.1, -0.05) is 23.2 Å². The number of benzene rings is 2. The van der Waals surface area contributed by atoms with E-state index in [1.165, 1.54) is 17.8 Å². The zero-order valence-electron chi connectivity index (χ0n) is 11.0. The first kappa shape index (κ1) is 15.7. The Morgan fingerprint density at radius 1 is 1.24 bits per heavy atom. The van der Waals surface area contributed by atoms with E-state index < -0.39 is 0 Å². The van der Waals surface area contributed by atoms with Crippen molar-refractivity contribution in [2.45, 2.75) is 4.90 Å². The van der Waals surface area contributed by atoms with Gasteiger partial charge in [0.15, 0.2) is 0 Å². The van der Waals surface area contributed by atoms with Crippen molar-refractivity contribution in [2.75, 3.05) is 11.6 Å². The third kappa shape index (κ3) is 3.70. The number of nitrogens with zero attached hydrogens (tertiary/aromatic N) is 1. The van der Waals surface area contributed by atoms with E-state index in [-0.39, 0.29) is 10.9 Å². The number of amides is 1. The summed E-state index contributed by atoms with van der Waals surface area (Å²) < 4.78 is 0. The second-order valence-corrected chi connectivity index (χ2v) is 5.80. The zero-order chi connectivity index (χ0) is 15.4. The molecule has 0 radical (unpaired) electrons. The van der Waals surface area contributed by atoms with Crippen molar-refractivity contribution in [1.29, 1.82) is 5.26 Å². The van der Waals surface area contributed by atoms with Gasteiger partial charge in [-0.05, 0) is 42.7 Å². The van der Waals surface area contributed by atoms with Gasteiger partial charge in [-0.3, -0.25) is 4.79 Å². The second kappa shape index (κ2) is 6.86. The topological polar surface area (TPSA) is 52.9 Å². The van der Waals surface area contributed by atoms with E-state index in [0.717, 1.165) is 4.90 Å². The van der Waals surface area contributed by atoms with Crippen LogP contribution >= 0.6 is 35.0 Å². The van der Waals surface area contributed by atoms with E-state index in [2.05, 4.69) is 11.4 Å². The molecule has 0 heterocycles. The predicted molar refractivity (Wildman–Crippen MR) is 87.4 cm³/mol. The van der Waals surface area contributed by atoms with Crippen molar-refractivity contribution in [3.63, 3.8) is 0 Å². The number of halogens is 2. The molecular weight excluding hydrogens is 327 g/mol. The van der Waals surface area contributed by atoms with E-state index in [0.29, 0.717) is 21.8 Å². The van der Waals surface area contributed by atoms with Crippen LogP contribution in [0, 0.1) is 11.3 Å². The summed E-state index contributed by atoms with van der Waals surface area (Å²) in [6.07, 6.45) is 1.89.